The molecule has 1 heterocycles. The van der Waals surface area contributed by atoms with Crippen molar-refractivity contribution in [2.45, 2.75) is 38.8 Å². The number of benzene rings is 1. The molecule has 0 saturated carbocycles. The number of nitrogens with zero attached hydrogens (tertiary/aromatic N) is 1. The maximum atomic E-state index is 13.8. The molecule has 1 aliphatic heterocycles. The van der Waals surface area contributed by atoms with E-state index in [0.29, 0.717) is 12.1 Å². The summed E-state index contributed by atoms with van der Waals surface area (Å²) in [6.07, 6.45) is 3.12. The predicted molar refractivity (Wildman–Crippen MR) is 66.2 cm³/mol. The number of rotatable bonds is 3. The first-order valence-corrected chi connectivity index (χ1v) is 6.35. The van der Waals surface area contributed by atoms with Crippen molar-refractivity contribution >= 4 is 0 Å². The Hall–Kier alpha value is -0.930. The average molecular weight is 237 g/mol. The number of likely N-dealkylation sites (tertiary alicyclic amines) is 1. The molecular weight excluding hydrogens is 217 g/mol. The standard InChI is InChI=1S/C14H20FNO/c1-11(17)12-5-6-13(14(15)9-12)10-16-7-3-2-4-8-16/h5-6,9,11,17H,2-4,7-8,10H2,1H3. The van der Waals surface area contributed by atoms with E-state index in [1.807, 2.05) is 6.07 Å². The lowest BCUT2D eigenvalue weighted by molar-refractivity contribution is 0.198. The van der Waals surface area contributed by atoms with Crippen LogP contribution in [0.1, 0.15) is 43.4 Å². The van der Waals surface area contributed by atoms with Gasteiger partial charge in [0.25, 0.3) is 0 Å². The van der Waals surface area contributed by atoms with Gasteiger partial charge in [-0.2, -0.15) is 0 Å². The fourth-order valence-corrected chi connectivity index (χ4v) is 2.31. The molecule has 0 aromatic heterocycles. The van der Waals surface area contributed by atoms with E-state index in [1.54, 1.807) is 13.0 Å². The van der Waals surface area contributed by atoms with Gasteiger partial charge in [0.15, 0.2) is 0 Å². The summed E-state index contributed by atoms with van der Waals surface area (Å²) in [5.41, 5.74) is 1.38. The summed E-state index contributed by atoms with van der Waals surface area (Å²) < 4.78 is 13.8. The zero-order valence-electron chi connectivity index (χ0n) is 10.3. The molecule has 0 aliphatic carbocycles. The summed E-state index contributed by atoms with van der Waals surface area (Å²) in [4.78, 5) is 2.30. The topological polar surface area (TPSA) is 23.5 Å². The summed E-state index contributed by atoms with van der Waals surface area (Å²) in [6.45, 7) is 4.47. The Morgan fingerprint density at radius 1 is 1.29 bits per heavy atom. The van der Waals surface area contributed by atoms with Crippen molar-refractivity contribution in [1.82, 2.24) is 4.90 Å². The van der Waals surface area contributed by atoms with Crippen molar-refractivity contribution in [3.63, 3.8) is 0 Å². The SMILES string of the molecule is CC(O)c1ccc(CN2CCCCC2)c(F)c1. The van der Waals surface area contributed by atoms with Crippen molar-refractivity contribution in [1.29, 1.82) is 0 Å². The van der Waals surface area contributed by atoms with Crippen molar-refractivity contribution in [2.24, 2.45) is 0 Å². The highest BCUT2D eigenvalue weighted by Crippen LogP contribution is 2.19. The third-order valence-electron chi connectivity index (χ3n) is 3.40. The van der Waals surface area contributed by atoms with Crippen LogP contribution in [0.5, 0.6) is 0 Å². The second-order valence-electron chi connectivity index (χ2n) is 4.86. The molecule has 1 aromatic rings. The maximum Gasteiger partial charge on any atom is 0.128 e. The van der Waals surface area contributed by atoms with Crippen LogP contribution in [0.2, 0.25) is 0 Å². The molecular formula is C14H20FNO. The quantitative estimate of drug-likeness (QED) is 0.873. The first kappa shape index (κ1) is 12.5. The third-order valence-corrected chi connectivity index (χ3v) is 3.40. The Bertz CT molecular complexity index is 372. The van der Waals surface area contributed by atoms with Gasteiger partial charge in [0, 0.05) is 12.1 Å². The number of aliphatic hydroxyl groups is 1. The van der Waals surface area contributed by atoms with Crippen LogP contribution >= 0.6 is 0 Å². The molecule has 1 aromatic carbocycles. The van der Waals surface area contributed by atoms with Crippen LogP contribution in [-0.2, 0) is 6.54 Å². The first-order valence-electron chi connectivity index (χ1n) is 6.35. The van der Waals surface area contributed by atoms with Crippen molar-refractivity contribution in [2.75, 3.05) is 13.1 Å². The van der Waals surface area contributed by atoms with E-state index in [2.05, 4.69) is 4.90 Å². The van der Waals surface area contributed by atoms with E-state index in [4.69, 9.17) is 0 Å². The monoisotopic (exact) mass is 237 g/mol. The lowest BCUT2D eigenvalue weighted by Crippen LogP contribution is -2.29. The summed E-state index contributed by atoms with van der Waals surface area (Å²) >= 11 is 0. The number of hydrogen-bond donors (Lipinski definition) is 1. The average Bonchev–Trinajstić information content (AvgIpc) is 2.33. The molecule has 17 heavy (non-hydrogen) atoms. The Balaban J connectivity index is 2.05. The Labute approximate surface area is 102 Å². The highest BCUT2D eigenvalue weighted by molar-refractivity contribution is 5.25. The molecule has 1 N–H and O–H groups in total. The van der Waals surface area contributed by atoms with Crippen molar-refractivity contribution in [3.05, 3.63) is 35.1 Å². The minimum absolute atomic E-state index is 0.200. The number of halogens is 1. The van der Waals surface area contributed by atoms with Crippen LogP contribution in [0.15, 0.2) is 18.2 Å². The summed E-state index contributed by atoms with van der Waals surface area (Å²) in [5, 5.41) is 9.38. The molecule has 0 radical (unpaired) electrons. The molecule has 1 atom stereocenters. The molecule has 1 saturated heterocycles. The van der Waals surface area contributed by atoms with Gasteiger partial charge in [0.1, 0.15) is 5.82 Å². The summed E-state index contributed by atoms with van der Waals surface area (Å²) in [7, 11) is 0. The van der Waals surface area contributed by atoms with Crippen LogP contribution in [0.3, 0.4) is 0 Å². The number of hydrogen-bond acceptors (Lipinski definition) is 2. The molecule has 94 valence electrons. The zero-order chi connectivity index (χ0) is 12.3. The molecule has 1 aliphatic rings. The van der Waals surface area contributed by atoms with Gasteiger partial charge in [0.2, 0.25) is 0 Å². The van der Waals surface area contributed by atoms with E-state index in [9.17, 15) is 9.50 Å². The maximum absolute atomic E-state index is 13.8. The molecule has 3 heteroatoms. The van der Waals surface area contributed by atoms with E-state index in [-0.39, 0.29) is 5.82 Å². The van der Waals surface area contributed by atoms with Gasteiger partial charge in [-0.1, -0.05) is 18.6 Å². The van der Waals surface area contributed by atoms with Gasteiger partial charge in [-0.25, -0.2) is 4.39 Å². The van der Waals surface area contributed by atoms with Gasteiger partial charge in [-0.3, -0.25) is 4.90 Å². The lowest BCUT2D eigenvalue weighted by atomic mass is 10.1. The largest absolute Gasteiger partial charge is 0.389 e. The first-order chi connectivity index (χ1) is 8.16. The van der Waals surface area contributed by atoms with E-state index >= 15 is 0 Å². The fourth-order valence-electron chi connectivity index (χ4n) is 2.31. The van der Waals surface area contributed by atoms with Crippen molar-refractivity contribution in [3.8, 4) is 0 Å². The molecule has 1 fully saturated rings. The Morgan fingerprint density at radius 3 is 2.59 bits per heavy atom. The predicted octanol–water partition coefficient (Wildman–Crippen LogP) is 2.86. The summed E-state index contributed by atoms with van der Waals surface area (Å²) in [5.74, 6) is -0.200. The zero-order valence-corrected chi connectivity index (χ0v) is 10.3. The van der Waals surface area contributed by atoms with Crippen LogP contribution in [0, 0.1) is 5.82 Å². The Morgan fingerprint density at radius 2 is 2.00 bits per heavy atom. The number of piperidine rings is 1. The van der Waals surface area contributed by atoms with Gasteiger partial charge in [0.05, 0.1) is 6.10 Å². The van der Waals surface area contributed by atoms with Crippen LogP contribution in [0.4, 0.5) is 4.39 Å². The van der Waals surface area contributed by atoms with Crippen LogP contribution < -0.4 is 0 Å². The van der Waals surface area contributed by atoms with E-state index in [0.717, 1.165) is 18.7 Å². The lowest BCUT2D eigenvalue weighted by Gasteiger charge is -2.26. The highest BCUT2D eigenvalue weighted by atomic mass is 19.1. The second kappa shape index (κ2) is 5.61. The smallest absolute Gasteiger partial charge is 0.128 e. The molecule has 0 amide bonds. The highest BCUT2D eigenvalue weighted by Gasteiger charge is 2.13. The van der Waals surface area contributed by atoms with E-state index in [1.165, 1.54) is 25.3 Å². The van der Waals surface area contributed by atoms with Crippen LogP contribution in [-0.4, -0.2) is 23.1 Å². The van der Waals surface area contributed by atoms with Gasteiger partial charge in [-0.15, -0.1) is 0 Å². The molecule has 2 rings (SSSR count). The molecule has 2 nitrogen and oxygen atoms in total. The normalized spacial score (nSPS) is 19.2. The van der Waals surface area contributed by atoms with Gasteiger partial charge < -0.3 is 5.11 Å². The van der Waals surface area contributed by atoms with Gasteiger partial charge in [-0.05, 0) is 44.5 Å². The van der Waals surface area contributed by atoms with E-state index < -0.39 is 6.10 Å². The molecule has 0 bridgehead atoms. The van der Waals surface area contributed by atoms with Crippen LogP contribution in [0.25, 0.3) is 0 Å². The van der Waals surface area contributed by atoms with Gasteiger partial charge >= 0.3 is 0 Å². The minimum atomic E-state index is -0.603. The Kier molecular flexibility index (Phi) is 4.13. The minimum Gasteiger partial charge on any atom is -0.389 e. The third kappa shape index (κ3) is 3.27. The molecule has 0 spiro atoms. The molecule has 1 unspecified atom stereocenters. The number of aliphatic hydroxyl groups excluding tert-OH is 1. The summed E-state index contributed by atoms with van der Waals surface area (Å²) in [6, 6.07) is 5.06. The van der Waals surface area contributed by atoms with Crippen molar-refractivity contribution < 1.29 is 9.50 Å². The fraction of sp³-hybridized carbons (Fsp3) is 0.571. The second-order valence-corrected chi connectivity index (χ2v) is 4.86.